The Hall–Kier alpha value is -3.36. The lowest BCUT2D eigenvalue weighted by molar-refractivity contribution is -0.134. The van der Waals surface area contributed by atoms with Gasteiger partial charge in [0.15, 0.2) is 5.69 Å². The highest BCUT2D eigenvalue weighted by Gasteiger charge is 2.48. The van der Waals surface area contributed by atoms with Crippen LogP contribution in [0.25, 0.3) is 0 Å². The number of fused-ring (bicyclic) bond motifs is 1. The van der Waals surface area contributed by atoms with Crippen molar-refractivity contribution in [2.75, 3.05) is 14.2 Å². The quantitative estimate of drug-likeness (QED) is 0.673. The number of esters is 1. The number of nitrogens with zero attached hydrogens (tertiary/aromatic N) is 3. The van der Waals surface area contributed by atoms with Gasteiger partial charge in [-0.15, -0.1) is 0 Å². The molecule has 1 aromatic carbocycles. The summed E-state index contributed by atoms with van der Waals surface area (Å²) < 4.78 is 11.5. The van der Waals surface area contributed by atoms with Gasteiger partial charge in [0, 0.05) is 18.7 Å². The number of nitrogens with one attached hydrogen (secondary N) is 1. The molecule has 33 heavy (non-hydrogen) atoms. The van der Waals surface area contributed by atoms with Gasteiger partial charge in [-0.25, -0.2) is 4.79 Å². The van der Waals surface area contributed by atoms with Crippen LogP contribution in [-0.4, -0.2) is 58.3 Å². The van der Waals surface area contributed by atoms with Crippen LogP contribution in [0.4, 0.5) is 0 Å². The average Bonchev–Trinajstić information content (AvgIpc) is 3.26. The van der Waals surface area contributed by atoms with Crippen LogP contribution < -0.4 is 10.1 Å². The third-order valence-corrected chi connectivity index (χ3v) is 6.60. The van der Waals surface area contributed by atoms with Gasteiger partial charge in [0.2, 0.25) is 5.91 Å². The molecule has 2 amide bonds. The van der Waals surface area contributed by atoms with Crippen molar-refractivity contribution in [3.05, 3.63) is 47.3 Å². The highest BCUT2D eigenvalue weighted by Crippen LogP contribution is 2.31. The normalized spacial score (nSPS) is 20.8. The van der Waals surface area contributed by atoms with Crippen LogP contribution in [-0.2, 0) is 22.6 Å². The Kier molecular flexibility index (Phi) is 6.40. The van der Waals surface area contributed by atoms with Crippen LogP contribution in [0.2, 0.25) is 0 Å². The highest BCUT2D eigenvalue weighted by molar-refractivity contribution is 6.01. The average molecular weight is 455 g/mol. The van der Waals surface area contributed by atoms with Gasteiger partial charge < -0.3 is 19.7 Å². The fraction of sp³-hybridized carbons (Fsp3) is 0.500. The first-order chi connectivity index (χ1) is 15.9. The minimum atomic E-state index is -1.19. The maximum Gasteiger partial charge on any atom is 0.358 e. The van der Waals surface area contributed by atoms with Crippen molar-refractivity contribution in [3.8, 4) is 5.75 Å². The van der Waals surface area contributed by atoms with Gasteiger partial charge in [0.05, 0.1) is 20.8 Å². The Morgan fingerprint density at radius 1 is 1.18 bits per heavy atom. The fourth-order valence-electron chi connectivity index (χ4n) is 4.64. The van der Waals surface area contributed by atoms with Gasteiger partial charge in [-0.3, -0.25) is 14.3 Å². The maximum absolute atomic E-state index is 13.6. The smallest absolute Gasteiger partial charge is 0.358 e. The van der Waals surface area contributed by atoms with Gasteiger partial charge in [-0.05, 0) is 37.5 Å². The Morgan fingerprint density at radius 3 is 2.64 bits per heavy atom. The van der Waals surface area contributed by atoms with E-state index in [0.717, 1.165) is 31.2 Å². The SMILES string of the molecule is COC(=O)c1cc2n(n1)C[C@@](C)(C(=O)NC1CCCCC1)N(Cc1cccc(OC)c1)C2=O. The molecule has 2 heterocycles. The minimum Gasteiger partial charge on any atom is -0.497 e. The lowest BCUT2D eigenvalue weighted by atomic mass is 9.91. The second kappa shape index (κ2) is 9.25. The molecule has 0 bridgehead atoms. The molecule has 0 radical (unpaired) electrons. The van der Waals surface area contributed by atoms with Crippen molar-refractivity contribution in [2.45, 2.75) is 63.7 Å². The van der Waals surface area contributed by atoms with Crippen LogP contribution >= 0.6 is 0 Å². The van der Waals surface area contributed by atoms with E-state index in [-0.39, 0.29) is 42.3 Å². The number of carbonyl (C=O) groups excluding carboxylic acids is 3. The number of ether oxygens (including phenoxy) is 2. The molecule has 4 rings (SSSR count). The summed E-state index contributed by atoms with van der Waals surface area (Å²) in [6.07, 6.45) is 5.22. The summed E-state index contributed by atoms with van der Waals surface area (Å²) in [5.74, 6) is -0.542. The van der Waals surface area contributed by atoms with Crippen LogP contribution in [0.5, 0.6) is 5.75 Å². The number of methoxy groups -OCH3 is 2. The molecule has 1 aliphatic heterocycles. The molecule has 9 nitrogen and oxygen atoms in total. The number of hydrogen-bond acceptors (Lipinski definition) is 6. The van der Waals surface area contributed by atoms with Crippen LogP contribution in [0.1, 0.15) is 65.6 Å². The standard InChI is InChI=1S/C24H30N4O5/c1-24(23(31)25-17-9-5-4-6-10-17)15-28-20(13-19(26-28)22(30)33-3)21(29)27(24)14-16-8-7-11-18(12-16)32-2/h7-8,11-13,17H,4-6,9-10,14-15H2,1-3H3,(H,25,31)/t24-/m0/s1. The number of carbonyl (C=O) groups is 3. The molecule has 0 spiro atoms. The van der Waals surface area contributed by atoms with E-state index in [1.807, 2.05) is 24.3 Å². The van der Waals surface area contributed by atoms with E-state index in [0.29, 0.717) is 5.75 Å². The molecule has 1 aromatic heterocycles. The van der Waals surface area contributed by atoms with E-state index in [9.17, 15) is 14.4 Å². The van der Waals surface area contributed by atoms with Gasteiger partial charge >= 0.3 is 5.97 Å². The summed E-state index contributed by atoms with van der Waals surface area (Å²) >= 11 is 0. The Labute approximate surface area is 193 Å². The summed E-state index contributed by atoms with van der Waals surface area (Å²) in [4.78, 5) is 40.8. The zero-order valence-corrected chi connectivity index (χ0v) is 19.3. The molecule has 0 unspecified atom stereocenters. The number of aromatic nitrogens is 2. The number of amides is 2. The lowest BCUT2D eigenvalue weighted by Gasteiger charge is -2.44. The van der Waals surface area contributed by atoms with Gasteiger partial charge in [-0.2, -0.15) is 5.10 Å². The molecule has 1 aliphatic carbocycles. The third kappa shape index (κ3) is 4.44. The van der Waals surface area contributed by atoms with Gasteiger partial charge in [0.25, 0.3) is 5.91 Å². The molecule has 1 fully saturated rings. The first kappa shape index (κ1) is 22.8. The predicted octanol–water partition coefficient (Wildman–Crippen LogP) is 2.54. The van der Waals surface area contributed by atoms with Crippen molar-refractivity contribution in [1.82, 2.24) is 20.0 Å². The van der Waals surface area contributed by atoms with Crippen molar-refractivity contribution in [2.24, 2.45) is 0 Å². The number of benzene rings is 1. The summed E-state index contributed by atoms with van der Waals surface area (Å²) in [6.45, 7) is 2.10. The Bertz CT molecular complexity index is 1060. The van der Waals surface area contributed by atoms with Crippen LogP contribution in [0.3, 0.4) is 0 Å². The first-order valence-corrected chi connectivity index (χ1v) is 11.3. The number of hydrogen-bond donors (Lipinski definition) is 1. The molecule has 1 saturated carbocycles. The molecule has 176 valence electrons. The Morgan fingerprint density at radius 2 is 1.94 bits per heavy atom. The van der Waals surface area contributed by atoms with Gasteiger partial charge in [0.1, 0.15) is 17.0 Å². The monoisotopic (exact) mass is 454 g/mol. The van der Waals surface area contributed by atoms with Crippen molar-refractivity contribution in [1.29, 1.82) is 0 Å². The first-order valence-electron chi connectivity index (χ1n) is 11.3. The Balaban J connectivity index is 1.69. The lowest BCUT2D eigenvalue weighted by Crippen LogP contribution is -2.64. The largest absolute Gasteiger partial charge is 0.497 e. The van der Waals surface area contributed by atoms with Crippen LogP contribution in [0.15, 0.2) is 30.3 Å². The summed E-state index contributed by atoms with van der Waals surface area (Å²) in [6, 6.07) is 8.93. The van der Waals surface area contributed by atoms with Crippen molar-refractivity contribution < 1.29 is 23.9 Å². The highest BCUT2D eigenvalue weighted by atomic mass is 16.5. The van der Waals surface area contributed by atoms with E-state index < -0.39 is 11.5 Å². The summed E-state index contributed by atoms with van der Waals surface area (Å²) in [5, 5.41) is 7.43. The third-order valence-electron chi connectivity index (χ3n) is 6.60. The van der Waals surface area contributed by atoms with Gasteiger partial charge in [-0.1, -0.05) is 31.4 Å². The van der Waals surface area contributed by atoms with E-state index in [4.69, 9.17) is 9.47 Å². The molecule has 9 heteroatoms. The van der Waals surface area contributed by atoms with E-state index >= 15 is 0 Å². The molecular weight excluding hydrogens is 424 g/mol. The van der Waals surface area contributed by atoms with Crippen molar-refractivity contribution >= 4 is 17.8 Å². The second-order valence-corrected chi connectivity index (χ2v) is 8.89. The molecule has 2 aliphatic rings. The zero-order chi connectivity index (χ0) is 23.6. The minimum absolute atomic E-state index is 0.0409. The molecular formula is C24H30N4O5. The fourth-order valence-corrected chi connectivity index (χ4v) is 4.64. The van der Waals surface area contributed by atoms with E-state index in [1.165, 1.54) is 24.3 Å². The maximum atomic E-state index is 13.6. The van der Waals surface area contributed by atoms with Crippen molar-refractivity contribution in [3.63, 3.8) is 0 Å². The summed E-state index contributed by atoms with van der Waals surface area (Å²) in [5.41, 5.74) is -0.0646. The zero-order valence-electron chi connectivity index (χ0n) is 19.3. The van der Waals surface area contributed by atoms with E-state index in [1.54, 1.807) is 18.9 Å². The molecule has 1 atom stereocenters. The number of rotatable bonds is 6. The summed E-state index contributed by atoms with van der Waals surface area (Å²) in [7, 11) is 2.85. The second-order valence-electron chi connectivity index (χ2n) is 8.89. The predicted molar refractivity (Wildman–Crippen MR) is 120 cm³/mol. The van der Waals surface area contributed by atoms with Crippen LogP contribution in [0, 0.1) is 0 Å². The topological polar surface area (TPSA) is 103 Å². The van der Waals surface area contributed by atoms with E-state index in [2.05, 4.69) is 10.4 Å². The molecule has 0 saturated heterocycles. The molecule has 2 aromatic rings. The molecule has 1 N–H and O–H groups in total.